The van der Waals surface area contributed by atoms with Gasteiger partial charge >= 0.3 is 6.03 Å². The van der Waals surface area contributed by atoms with E-state index >= 15 is 0 Å². The lowest BCUT2D eigenvalue weighted by Gasteiger charge is -2.35. The number of allylic oxidation sites excluding steroid dienone is 1. The number of barbiturate groups is 1. The number of fused-ring (bicyclic) bond motifs is 1. The van der Waals surface area contributed by atoms with E-state index in [-0.39, 0.29) is 17.5 Å². The highest BCUT2D eigenvalue weighted by molar-refractivity contribution is 6.29. The molecule has 1 saturated heterocycles. The number of benzene rings is 1. The molecular weight excluding hydrogens is 330 g/mol. The van der Waals surface area contributed by atoms with E-state index in [9.17, 15) is 14.4 Å². The van der Waals surface area contributed by atoms with Crippen molar-refractivity contribution in [1.82, 2.24) is 10.2 Å². The summed E-state index contributed by atoms with van der Waals surface area (Å²) < 4.78 is 0. The van der Waals surface area contributed by atoms with Crippen molar-refractivity contribution < 1.29 is 14.4 Å². The Labute approximate surface area is 152 Å². The number of hydrogen-bond acceptors (Lipinski definition) is 4. The topological polar surface area (TPSA) is 78.8 Å². The summed E-state index contributed by atoms with van der Waals surface area (Å²) >= 11 is 0. The minimum Gasteiger partial charge on any atom is -0.273 e. The van der Waals surface area contributed by atoms with Crippen LogP contribution in [0, 0.1) is 0 Å². The molecular formula is C20H21N3O3. The van der Waals surface area contributed by atoms with Crippen molar-refractivity contribution >= 4 is 29.2 Å². The molecule has 4 rings (SSSR count). The van der Waals surface area contributed by atoms with Crippen molar-refractivity contribution in [3.63, 3.8) is 0 Å². The smallest absolute Gasteiger partial charge is 0.273 e. The molecule has 6 nitrogen and oxygen atoms in total. The quantitative estimate of drug-likeness (QED) is 0.656. The van der Waals surface area contributed by atoms with Crippen LogP contribution in [0.25, 0.3) is 0 Å². The average molecular weight is 351 g/mol. The van der Waals surface area contributed by atoms with Gasteiger partial charge in [-0.05, 0) is 31.4 Å². The molecule has 26 heavy (non-hydrogen) atoms. The van der Waals surface area contributed by atoms with Crippen LogP contribution in [-0.4, -0.2) is 34.5 Å². The monoisotopic (exact) mass is 351 g/mol. The molecule has 1 saturated carbocycles. The molecule has 0 spiro atoms. The Bertz CT molecular complexity index is 850. The van der Waals surface area contributed by atoms with Gasteiger partial charge in [0, 0.05) is 17.7 Å². The third-order valence-corrected chi connectivity index (χ3v) is 5.42. The molecule has 1 N–H and O–H groups in total. The number of imide groups is 2. The van der Waals surface area contributed by atoms with Crippen LogP contribution in [-0.2, 0) is 9.59 Å². The standard InChI is InChI=1S/C20H21N3O3/c1-12-15(14-9-5-6-10-17(14)21-12)11-16-18(24)22-20(26)23(19(16)25)13-7-3-2-4-8-13/h5-6,9-11,13,15H,2-4,7-8H2,1H3,(H,22,24,26)/b16-11+/t15-/m1/s1. The zero-order valence-corrected chi connectivity index (χ0v) is 14.7. The van der Waals surface area contributed by atoms with Gasteiger partial charge in [-0.2, -0.15) is 0 Å². The molecule has 0 aromatic heterocycles. The molecule has 1 aromatic carbocycles. The molecule has 0 unspecified atom stereocenters. The third kappa shape index (κ3) is 2.75. The first-order valence-electron chi connectivity index (χ1n) is 9.11. The SMILES string of the molecule is CC1=Nc2ccccc2[C@@H]1/C=C1\C(=O)NC(=O)N(C2CCCCC2)C1=O. The second-order valence-corrected chi connectivity index (χ2v) is 7.10. The number of carbonyl (C=O) groups excluding carboxylic acids is 3. The van der Waals surface area contributed by atoms with Crippen LogP contribution in [0.15, 0.2) is 40.9 Å². The van der Waals surface area contributed by atoms with Crippen molar-refractivity contribution in [2.75, 3.05) is 0 Å². The number of nitrogens with zero attached hydrogens (tertiary/aromatic N) is 2. The van der Waals surface area contributed by atoms with E-state index in [1.807, 2.05) is 31.2 Å². The first kappa shape index (κ1) is 16.7. The Kier molecular flexibility index (Phi) is 4.18. The maximum absolute atomic E-state index is 13.0. The zero-order valence-electron chi connectivity index (χ0n) is 14.7. The summed E-state index contributed by atoms with van der Waals surface area (Å²) in [4.78, 5) is 43.4. The lowest BCUT2D eigenvalue weighted by molar-refractivity contribution is -0.132. The molecule has 3 aliphatic rings. The number of aliphatic imine (C=N–C) groups is 1. The largest absolute Gasteiger partial charge is 0.331 e. The Morgan fingerprint density at radius 2 is 1.85 bits per heavy atom. The van der Waals surface area contributed by atoms with Crippen LogP contribution in [0.5, 0.6) is 0 Å². The molecule has 1 atom stereocenters. The van der Waals surface area contributed by atoms with Gasteiger partial charge in [-0.15, -0.1) is 0 Å². The highest BCUT2D eigenvalue weighted by Crippen LogP contribution is 2.37. The fraction of sp³-hybridized carbons (Fsp3) is 0.400. The van der Waals surface area contributed by atoms with E-state index in [4.69, 9.17) is 0 Å². The number of rotatable bonds is 2. The van der Waals surface area contributed by atoms with E-state index in [0.29, 0.717) is 0 Å². The second-order valence-electron chi connectivity index (χ2n) is 7.10. The number of para-hydroxylation sites is 1. The van der Waals surface area contributed by atoms with Gasteiger partial charge in [0.2, 0.25) is 0 Å². The van der Waals surface area contributed by atoms with Crippen molar-refractivity contribution in [2.45, 2.75) is 51.0 Å². The lowest BCUT2D eigenvalue weighted by atomic mass is 9.91. The summed E-state index contributed by atoms with van der Waals surface area (Å²) in [6.45, 7) is 1.89. The molecule has 2 heterocycles. The normalized spacial score (nSPS) is 25.3. The Morgan fingerprint density at radius 3 is 2.62 bits per heavy atom. The molecule has 4 amide bonds. The van der Waals surface area contributed by atoms with Gasteiger partial charge in [0.25, 0.3) is 11.8 Å². The van der Waals surface area contributed by atoms with Gasteiger partial charge < -0.3 is 0 Å². The van der Waals surface area contributed by atoms with Crippen molar-refractivity contribution in [1.29, 1.82) is 0 Å². The van der Waals surface area contributed by atoms with Crippen molar-refractivity contribution in [2.24, 2.45) is 4.99 Å². The summed E-state index contributed by atoms with van der Waals surface area (Å²) in [6.07, 6.45) is 6.37. The van der Waals surface area contributed by atoms with E-state index in [2.05, 4.69) is 10.3 Å². The predicted molar refractivity (Wildman–Crippen MR) is 97.3 cm³/mol. The van der Waals surface area contributed by atoms with Crippen LogP contribution in [0.3, 0.4) is 0 Å². The third-order valence-electron chi connectivity index (χ3n) is 5.42. The zero-order chi connectivity index (χ0) is 18.3. The summed E-state index contributed by atoms with van der Waals surface area (Å²) in [5.41, 5.74) is 2.70. The molecule has 6 heteroatoms. The number of urea groups is 1. The van der Waals surface area contributed by atoms with E-state index in [1.165, 1.54) is 4.90 Å². The van der Waals surface area contributed by atoms with Crippen LogP contribution in [0.2, 0.25) is 0 Å². The number of carbonyl (C=O) groups is 3. The Balaban J connectivity index is 1.68. The summed E-state index contributed by atoms with van der Waals surface area (Å²) in [6, 6.07) is 6.97. The maximum Gasteiger partial charge on any atom is 0.331 e. The van der Waals surface area contributed by atoms with E-state index < -0.39 is 17.8 Å². The van der Waals surface area contributed by atoms with Crippen LogP contribution in [0.4, 0.5) is 10.5 Å². The molecule has 134 valence electrons. The Hall–Kier alpha value is -2.76. The fourth-order valence-corrected chi connectivity index (χ4v) is 4.08. The maximum atomic E-state index is 13.0. The summed E-state index contributed by atoms with van der Waals surface area (Å²) in [5, 5.41) is 2.34. The number of hydrogen-bond donors (Lipinski definition) is 1. The first-order chi connectivity index (χ1) is 12.6. The van der Waals surface area contributed by atoms with E-state index in [1.54, 1.807) is 6.08 Å². The van der Waals surface area contributed by atoms with Crippen LogP contribution in [0.1, 0.15) is 50.5 Å². The molecule has 2 aliphatic heterocycles. The van der Waals surface area contributed by atoms with Crippen molar-refractivity contribution in [3.05, 3.63) is 41.5 Å². The molecule has 1 aliphatic carbocycles. The van der Waals surface area contributed by atoms with Crippen LogP contribution >= 0.6 is 0 Å². The summed E-state index contributed by atoms with van der Waals surface area (Å²) in [7, 11) is 0. The van der Waals surface area contributed by atoms with Crippen molar-refractivity contribution in [3.8, 4) is 0 Å². The van der Waals surface area contributed by atoms with Gasteiger partial charge in [-0.25, -0.2) is 4.79 Å². The average Bonchev–Trinajstić information content (AvgIpc) is 2.94. The van der Waals surface area contributed by atoms with Gasteiger partial charge in [-0.3, -0.25) is 24.8 Å². The number of amides is 4. The van der Waals surface area contributed by atoms with Crippen LogP contribution < -0.4 is 5.32 Å². The predicted octanol–water partition coefficient (Wildman–Crippen LogP) is 3.21. The highest BCUT2D eigenvalue weighted by atomic mass is 16.2. The second kappa shape index (κ2) is 6.52. The lowest BCUT2D eigenvalue weighted by Crippen LogP contribution is -2.58. The fourth-order valence-electron chi connectivity index (χ4n) is 4.08. The Morgan fingerprint density at radius 1 is 1.12 bits per heavy atom. The minimum atomic E-state index is -0.621. The van der Waals surface area contributed by atoms with Gasteiger partial charge in [0.1, 0.15) is 5.57 Å². The highest BCUT2D eigenvalue weighted by Gasteiger charge is 2.41. The first-order valence-corrected chi connectivity index (χ1v) is 9.11. The number of nitrogens with one attached hydrogen (secondary N) is 1. The van der Waals surface area contributed by atoms with Gasteiger partial charge in [0.15, 0.2) is 0 Å². The van der Waals surface area contributed by atoms with E-state index in [0.717, 1.165) is 49.1 Å². The van der Waals surface area contributed by atoms with Gasteiger partial charge in [0.05, 0.1) is 5.69 Å². The molecule has 2 fully saturated rings. The van der Waals surface area contributed by atoms with Gasteiger partial charge in [-0.1, -0.05) is 43.5 Å². The molecule has 0 radical (unpaired) electrons. The summed E-state index contributed by atoms with van der Waals surface area (Å²) in [5.74, 6) is -1.33. The molecule has 1 aromatic rings. The minimum absolute atomic E-state index is 0.0337. The molecule has 0 bridgehead atoms.